The van der Waals surface area contributed by atoms with Crippen molar-refractivity contribution < 1.29 is 5.11 Å². The molecule has 0 aliphatic rings. The molecule has 0 saturated heterocycles. The summed E-state index contributed by atoms with van der Waals surface area (Å²) in [6.45, 7) is 6.68. The summed E-state index contributed by atoms with van der Waals surface area (Å²) in [4.78, 5) is 4.20. The lowest BCUT2D eigenvalue weighted by Gasteiger charge is -2.22. The minimum atomic E-state index is -0.168. The van der Waals surface area contributed by atoms with Gasteiger partial charge in [0.25, 0.3) is 0 Å². The van der Waals surface area contributed by atoms with Crippen molar-refractivity contribution in [2.75, 3.05) is 24.2 Å². The number of nitrogen functional groups attached to an aromatic ring is 1. The number of nitrogens with two attached hydrogens (primary N) is 1. The van der Waals surface area contributed by atoms with Gasteiger partial charge < -0.3 is 16.2 Å². The van der Waals surface area contributed by atoms with E-state index in [2.05, 4.69) is 10.3 Å². The van der Waals surface area contributed by atoms with Crippen LogP contribution in [0.4, 0.5) is 11.5 Å². The van der Waals surface area contributed by atoms with E-state index in [1.54, 1.807) is 6.20 Å². The lowest BCUT2D eigenvalue weighted by Crippen LogP contribution is -2.27. The van der Waals surface area contributed by atoms with Gasteiger partial charge in [-0.3, -0.25) is 0 Å². The predicted molar refractivity (Wildman–Crippen MR) is 62.7 cm³/mol. The Balaban J connectivity index is 2.66. The number of hydrogen-bond acceptors (Lipinski definition) is 4. The molecule has 0 atom stereocenters. The number of aromatic nitrogens is 1. The molecule has 4 nitrogen and oxygen atoms in total. The molecule has 0 radical (unpaired) electrons. The molecule has 0 amide bonds. The molecule has 0 bridgehead atoms. The summed E-state index contributed by atoms with van der Waals surface area (Å²) in [5, 5.41) is 12.2. The van der Waals surface area contributed by atoms with Crippen molar-refractivity contribution in [3.8, 4) is 0 Å². The number of aliphatic hydroxyl groups is 1. The maximum atomic E-state index is 9.09. The van der Waals surface area contributed by atoms with E-state index in [1.165, 1.54) is 0 Å². The van der Waals surface area contributed by atoms with Crippen LogP contribution in [0.15, 0.2) is 12.3 Å². The second-order valence-corrected chi connectivity index (χ2v) is 4.63. The van der Waals surface area contributed by atoms with Crippen molar-refractivity contribution >= 4 is 11.5 Å². The first-order valence-corrected chi connectivity index (χ1v) is 5.01. The predicted octanol–water partition coefficient (Wildman–Crippen LogP) is 1.40. The third-order valence-electron chi connectivity index (χ3n) is 2.22. The van der Waals surface area contributed by atoms with Crippen LogP contribution in [0.25, 0.3) is 0 Å². The first-order valence-electron chi connectivity index (χ1n) is 5.01. The summed E-state index contributed by atoms with van der Waals surface area (Å²) >= 11 is 0. The van der Waals surface area contributed by atoms with Gasteiger partial charge in [0.2, 0.25) is 0 Å². The SMILES string of the molecule is Cc1cnc(NCC(C)(C)CO)c(N)c1. The van der Waals surface area contributed by atoms with Crippen LogP contribution in [0.3, 0.4) is 0 Å². The van der Waals surface area contributed by atoms with Crippen LogP contribution in [0, 0.1) is 12.3 Å². The fraction of sp³-hybridized carbons (Fsp3) is 0.545. The average molecular weight is 209 g/mol. The van der Waals surface area contributed by atoms with Gasteiger partial charge in [-0.1, -0.05) is 13.8 Å². The molecule has 15 heavy (non-hydrogen) atoms. The summed E-state index contributed by atoms with van der Waals surface area (Å²) in [5.41, 5.74) is 7.32. The Morgan fingerprint density at radius 2 is 2.20 bits per heavy atom. The summed E-state index contributed by atoms with van der Waals surface area (Å²) in [7, 11) is 0. The molecule has 0 aromatic carbocycles. The molecule has 0 aliphatic heterocycles. The molecule has 0 spiro atoms. The fourth-order valence-corrected chi connectivity index (χ4v) is 1.12. The molecule has 1 aromatic rings. The van der Waals surface area contributed by atoms with Crippen LogP contribution in [-0.4, -0.2) is 23.2 Å². The van der Waals surface area contributed by atoms with Crippen molar-refractivity contribution in [1.82, 2.24) is 4.98 Å². The minimum Gasteiger partial charge on any atom is -0.396 e. The first kappa shape index (κ1) is 11.8. The molecule has 1 aromatic heterocycles. The van der Waals surface area contributed by atoms with Crippen LogP contribution in [-0.2, 0) is 0 Å². The summed E-state index contributed by atoms with van der Waals surface area (Å²) in [6.07, 6.45) is 1.77. The zero-order chi connectivity index (χ0) is 11.5. The van der Waals surface area contributed by atoms with Gasteiger partial charge in [-0.05, 0) is 18.6 Å². The Morgan fingerprint density at radius 1 is 1.53 bits per heavy atom. The molecular formula is C11H19N3O. The number of rotatable bonds is 4. The van der Waals surface area contributed by atoms with E-state index in [0.29, 0.717) is 18.1 Å². The van der Waals surface area contributed by atoms with E-state index in [-0.39, 0.29) is 12.0 Å². The minimum absolute atomic E-state index is 0.131. The number of nitrogens with one attached hydrogen (secondary N) is 1. The highest BCUT2D eigenvalue weighted by Crippen LogP contribution is 2.19. The molecule has 84 valence electrons. The highest BCUT2D eigenvalue weighted by molar-refractivity contribution is 5.61. The zero-order valence-corrected chi connectivity index (χ0v) is 9.54. The van der Waals surface area contributed by atoms with Gasteiger partial charge in [0.1, 0.15) is 5.82 Å². The number of aryl methyl sites for hydroxylation is 1. The highest BCUT2D eigenvalue weighted by atomic mass is 16.3. The second-order valence-electron chi connectivity index (χ2n) is 4.63. The number of hydrogen-bond donors (Lipinski definition) is 3. The molecule has 0 unspecified atom stereocenters. The van der Waals surface area contributed by atoms with Gasteiger partial charge in [-0.25, -0.2) is 4.98 Å². The average Bonchev–Trinajstić information content (AvgIpc) is 2.16. The van der Waals surface area contributed by atoms with E-state index >= 15 is 0 Å². The first-order chi connectivity index (χ1) is 6.94. The maximum Gasteiger partial charge on any atom is 0.149 e. The van der Waals surface area contributed by atoms with Crippen LogP contribution in [0.1, 0.15) is 19.4 Å². The monoisotopic (exact) mass is 209 g/mol. The standard InChI is InChI=1S/C11H19N3O/c1-8-4-9(12)10(13-5-8)14-6-11(2,3)7-15/h4-5,15H,6-7,12H2,1-3H3,(H,13,14). The second kappa shape index (κ2) is 4.49. The molecule has 1 rings (SSSR count). The molecule has 4 N–H and O–H groups in total. The van der Waals surface area contributed by atoms with Crippen LogP contribution >= 0.6 is 0 Å². The van der Waals surface area contributed by atoms with Crippen LogP contribution < -0.4 is 11.1 Å². The molecule has 0 aliphatic carbocycles. The summed E-state index contributed by atoms with van der Waals surface area (Å²) in [6, 6.07) is 1.88. The smallest absolute Gasteiger partial charge is 0.149 e. The summed E-state index contributed by atoms with van der Waals surface area (Å²) < 4.78 is 0. The number of anilines is 2. The van der Waals surface area contributed by atoms with E-state index in [1.807, 2.05) is 26.8 Å². The Morgan fingerprint density at radius 3 is 2.73 bits per heavy atom. The van der Waals surface area contributed by atoms with Crippen LogP contribution in [0.2, 0.25) is 0 Å². The normalized spacial score (nSPS) is 11.5. The van der Waals surface area contributed by atoms with E-state index in [9.17, 15) is 0 Å². The van der Waals surface area contributed by atoms with Gasteiger partial charge in [-0.2, -0.15) is 0 Å². The Bertz CT molecular complexity index is 337. The van der Waals surface area contributed by atoms with Crippen molar-refractivity contribution in [2.24, 2.45) is 5.41 Å². The Kier molecular flexibility index (Phi) is 3.52. The molecule has 1 heterocycles. The highest BCUT2D eigenvalue weighted by Gasteiger charge is 2.16. The van der Waals surface area contributed by atoms with E-state index < -0.39 is 0 Å². The lowest BCUT2D eigenvalue weighted by atomic mass is 9.95. The van der Waals surface area contributed by atoms with Gasteiger partial charge in [0.05, 0.1) is 5.69 Å². The third-order valence-corrected chi connectivity index (χ3v) is 2.22. The number of aliphatic hydroxyl groups excluding tert-OH is 1. The molecule has 0 saturated carbocycles. The van der Waals surface area contributed by atoms with Crippen molar-refractivity contribution in [2.45, 2.75) is 20.8 Å². The molecule has 4 heteroatoms. The molecule has 0 fully saturated rings. The number of pyridine rings is 1. The van der Waals surface area contributed by atoms with Gasteiger partial charge in [-0.15, -0.1) is 0 Å². The molecular weight excluding hydrogens is 190 g/mol. The van der Waals surface area contributed by atoms with Gasteiger partial charge in [0, 0.05) is 24.8 Å². The quantitative estimate of drug-likeness (QED) is 0.701. The van der Waals surface area contributed by atoms with E-state index in [0.717, 1.165) is 5.56 Å². The fourth-order valence-electron chi connectivity index (χ4n) is 1.12. The van der Waals surface area contributed by atoms with Gasteiger partial charge in [0.15, 0.2) is 0 Å². The van der Waals surface area contributed by atoms with Crippen molar-refractivity contribution in [3.63, 3.8) is 0 Å². The Hall–Kier alpha value is -1.29. The van der Waals surface area contributed by atoms with Crippen LogP contribution in [0.5, 0.6) is 0 Å². The topological polar surface area (TPSA) is 71.2 Å². The maximum absolute atomic E-state index is 9.09. The summed E-state index contributed by atoms with van der Waals surface area (Å²) in [5.74, 6) is 0.683. The van der Waals surface area contributed by atoms with E-state index in [4.69, 9.17) is 10.8 Å². The lowest BCUT2D eigenvalue weighted by molar-refractivity contribution is 0.171. The number of nitrogens with zero attached hydrogens (tertiary/aromatic N) is 1. The van der Waals surface area contributed by atoms with Gasteiger partial charge >= 0.3 is 0 Å². The zero-order valence-electron chi connectivity index (χ0n) is 9.54. The largest absolute Gasteiger partial charge is 0.396 e. The van der Waals surface area contributed by atoms with Crippen molar-refractivity contribution in [1.29, 1.82) is 0 Å². The Labute approximate surface area is 90.5 Å². The van der Waals surface area contributed by atoms with Crippen molar-refractivity contribution in [3.05, 3.63) is 17.8 Å². The third kappa shape index (κ3) is 3.40.